The van der Waals surface area contributed by atoms with Crippen LogP contribution in [0.4, 0.5) is 0 Å². The molecule has 0 unspecified atom stereocenters. The van der Waals surface area contributed by atoms with Gasteiger partial charge in [0, 0.05) is 21.4 Å². The Balaban J connectivity index is 2.18. The molecule has 2 aromatic rings. The molecule has 0 radical (unpaired) electrons. The van der Waals surface area contributed by atoms with Gasteiger partial charge in [-0.05, 0) is 53.9 Å². The van der Waals surface area contributed by atoms with Crippen LogP contribution in [0, 0.1) is 0 Å². The minimum Gasteiger partial charge on any atom is -0.313 e. The van der Waals surface area contributed by atoms with Gasteiger partial charge in [0.05, 0.1) is 0 Å². The smallest absolute Gasteiger partial charge is 0.0410 e. The van der Waals surface area contributed by atoms with Crippen molar-refractivity contribution in [1.29, 1.82) is 0 Å². The number of rotatable bonds is 6. The second-order valence-corrected chi connectivity index (χ2v) is 6.91. The highest BCUT2D eigenvalue weighted by Crippen LogP contribution is 2.32. The van der Waals surface area contributed by atoms with E-state index in [1.165, 1.54) is 20.9 Å². The van der Waals surface area contributed by atoms with Crippen molar-refractivity contribution in [3.63, 3.8) is 0 Å². The van der Waals surface area contributed by atoms with Crippen LogP contribution >= 0.6 is 23.4 Å². The fourth-order valence-corrected chi connectivity index (χ4v) is 3.21. The van der Waals surface area contributed by atoms with Crippen molar-refractivity contribution in [3.8, 4) is 0 Å². The van der Waals surface area contributed by atoms with Gasteiger partial charge in [-0.1, -0.05) is 56.3 Å². The monoisotopic (exact) mass is 319 g/mol. The topological polar surface area (TPSA) is 12.0 Å². The highest BCUT2D eigenvalue weighted by molar-refractivity contribution is 7.99. The van der Waals surface area contributed by atoms with E-state index in [0.717, 1.165) is 18.1 Å². The Kier molecular flexibility index (Phi) is 6.16. The SMILES string of the molecule is CCNCc1cc(Cl)ccc1Sc1ccc(C(C)C)cc1. The lowest BCUT2D eigenvalue weighted by atomic mass is 10.0. The van der Waals surface area contributed by atoms with Crippen molar-refractivity contribution in [2.45, 2.75) is 43.0 Å². The molecule has 0 amide bonds. The first kappa shape index (κ1) is 16.4. The molecule has 1 N–H and O–H groups in total. The Morgan fingerprint density at radius 2 is 1.81 bits per heavy atom. The van der Waals surface area contributed by atoms with Crippen molar-refractivity contribution in [2.24, 2.45) is 0 Å². The number of hydrogen-bond acceptors (Lipinski definition) is 2. The van der Waals surface area contributed by atoms with Gasteiger partial charge >= 0.3 is 0 Å². The summed E-state index contributed by atoms with van der Waals surface area (Å²) in [6.45, 7) is 8.36. The molecule has 0 saturated carbocycles. The molecule has 2 rings (SSSR count). The van der Waals surface area contributed by atoms with Crippen LogP contribution in [-0.4, -0.2) is 6.54 Å². The summed E-state index contributed by atoms with van der Waals surface area (Å²) in [6, 6.07) is 14.9. The van der Waals surface area contributed by atoms with E-state index in [0.29, 0.717) is 5.92 Å². The van der Waals surface area contributed by atoms with Gasteiger partial charge < -0.3 is 5.32 Å². The van der Waals surface area contributed by atoms with Crippen LogP contribution in [0.1, 0.15) is 37.8 Å². The maximum absolute atomic E-state index is 6.12. The molecule has 0 aliphatic heterocycles. The zero-order chi connectivity index (χ0) is 15.2. The van der Waals surface area contributed by atoms with Crippen LogP contribution in [0.3, 0.4) is 0 Å². The Hall–Kier alpha value is -0.960. The van der Waals surface area contributed by atoms with Crippen LogP contribution < -0.4 is 5.32 Å². The van der Waals surface area contributed by atoms with Crippen molar-refractivity contribution in [1.82, 2.24) is 5.32 Å². The van der Waals surface area contributed by atoms with E-state index in [1.807, 2.05) is 6.07 Å². The van der Waals surface area contributed by atoms with E-state index >= 15 is 0 Å². The molecule has 0 fully saturated rings. The molecule has 0 aliphatic carbocycles. The standard InChI is InChI=1S/C18H22ClNS/c1-4-20-12-15-11-16(19)7-10-18(15)21-17-8-5-14(6-9-17)13(2)3/h5-11,13,20H,4,12H2,1-3H3. The van der Waals surface area contributed by atoms with E-state index in [9.17, 15) is 0 Å². The number of halogens is 1. The maximum Gasteiger partial charge on any atom is 0.0410 e. The van der Waals surface area contributed by atoms with Gasteiger partial charge in [0.25, 0.3) is 0 Å². The Labute approximate surface area is 137 Å². The molecular weight excluding hydrogens is 298 g/mol. The Bertz CT molecular complexity index is 578. The molecule has 112 valence electrons. The van der Waals surface area contributed by atoms with Gasteiger partial charge in [0.1, 0.15) is 0 Å². The van der Waals surface area contributed by atoms with Crippen molar-refractivity contribution >= 4 is 23.4 Å². The first-order valence-corrected chi connectivity index (χ1v) is 8.56. The van der Waals surface area contributed by atoms with Crippen LogP contribution in [0.2, 0.25) is 5.02 Å². The molecule has 0 saturated heterocycles. The van der Waals surface area contributed by atoms with Crippen LogP contribution in [0.15, 0.2) is 52.3 Å². The molecular formula is C18H22ClNS. The fraction of sp³-hybridized carbons (Fsp3) is 0.333. The molecule has 3 heteroatoms. The average Bonchev–Trinajstić information content (AvgIpc) is 2.48. The minimum absolute atomic E-state index is 0.573. The molecule has 0 aromatic heterocycles. The van der Waals surface area contributed by atoms with Crippen LogP contribution in [0.5, 0.6) is 0 Å². The fourth-order valence-electron chi connectivity index (χ4n) is 2.09. The second kappa shape index (κ2) is 7.88. The van der Waals surface area contributed by atoms with E-state index in [1.54, 1.807) is 11.8 Å². The summed E-state index contributed by atoms with van der Waals surface area (Å²) >= 11 is 7.91. The Morgan fingerprint density at radius 1 is 1.10 bits per heavy atom. The lowest BCUT2D eigenvalue weighted by Gasteiger charge is -2.11. The molecule has 0 atom stereocenters. The number of hydrogen-bond donors (Lipinski definition) is 1. The van der Waals surface area contributed by atoms with Gasteiger partial charge in [-0.25, -0.2) is 0 Å². The quantitative estimate of drug-likeness (QED) is 0.730. The van der Waals surface area contributed by atoms with Gasteiger partial charge in [0.2, 0.25) is 0 Å². The number of benzene rings is 2. The largest absolute Gasteiger partial charge is 0.313 e. The van der Waals surface area contributed by atoms with Crippen LogP contribution in [-0.2, 0) is 6.54 Å². The molecule has 21 heavy (non-hydrogen) atoms. The highest BCUT2D eigenvalue weighted by Gasteiger charge is 2.06. The predicted octanol–water partition coefficient (Wildman–Crippen LogP) is 5.72. The van der Waals surface area contributed by atoms with Crippen molar-refractivity contribution < 1.29 is 0 Å². The second-order valence-electron chi connectivity index (χ2n) is 5.36. The summed E-state index contributed by atoms with van der Waals surface area (Å²) in [4.78, 5) is 2.53. The average molecular weight is 320 g/mol. The molecule has 0 spiro atoms. The highest BCUT2D eigenvalue weighted by atomic mass is 35.5. The Morgan fingerprint density at radius 3 is 2.43 bits per heavy atom. The zero-order valence-electron chi connectivity index (χ0n) is 12.8. The lowest BCUT2D eigenvalue weighted by molar-refractivity contribution is 0.718. The van der Waals surface area contributed by atoms with E-state index in [4.69, 9.17) is 11.6 Å². The third-order valence-corrected chi connectivity index (χ3v) is 4.72. The summed E-state index contributed by atoms with van der Waals surface area (Å²) in [6.07, 6.45) is 0. The number of nitrogens with one attached hydrogen (secondary N) is 1. The summed E-state index contributed by atoms with van der Waals surface area (Å²) in [5.74, 6) is 0.573. The molecule has 0 aliphatic rings. The first-order chi connectivity index (χ1) is 10.1. The lowest BCUT2D eigenvalue weighted by Crippen LogP contribution is -2.12. The first-order valence-electron chi connectivity index (χ1n) is 7.37. The van der Waals surface area contributed by atoms with Crippen molar-refractivity contribution in [2.75, 3.05) is 6.54 Å². The maximum atomic E-state index is 6.12. The zero-order valence-corrected chi connectivity index (χ0v) is 14.4. The third kappa shape index (κ3) is 4.77. The minimum atomic E-state index is 0.573. The summed E-state index contributed by atoms with van der Waals surface area (Å²) in [5, 5.41) is 4.16. The van der Waals surface area contributed by atoms with E-state index in [2.05, 4.69) is 62.5 Å². The van der Waals surface area contributed by atoms with E-state index in [-0.39, 0.29) is 0 Å². The molecule has 0 bridgehead atoms. The van der Waals surface area contributed by atoms with E-state index < -0.39 is 0 Å². The molecule has 0 heterocycles. The summed E-state index contributed by atoms with van der Waals surface area (Å²) < 4.78 is 0. The normalized spacial score (nSPS) is 11.1. The summed E-state index contributed by atoms with van der Waals surface area (Å²) in [7, 11) is 0. The van der Waals surface area contributed by atoms with Crippen molar-refractivity contribution in [3.05, 3.63) is 58.6 Å². The third-order valence-electron chi connectivity index (χ3n) is 3.36. The predicted molar refractivity (Wildman–Crippen MR) is 93.5 cm³/mol. The molecule has 1 nitrogen and oxygen atoms in total. The summed E-state index contributed by atoms with van der Waals surface area (Å²) in [5.41, 5.74) is 2.63. The van der Waals surface area contributed by atoms with Crippen LogP contribution in [0.25, 0.3) is 0 Å². The van der Waals surface area contributed by atoms with Gasteiger partial charge in [-0.2, -0.15) is 0 Å². The molecule has 2 aromatic carbocycles. The van der Waals surface area contributed by atoms with Gasteiger partial charge in [-0.3, -0.25) is 0 Å². The van der Waals surface area contributed by atoms with Gasteiger partial charge in [0.15, 0.2) is 0 Å². The van der Waals surface area contributed by atoms with Gasteiger partial charge in [-0.15, -0.1) is 0 Å².